The minimum absolute atomic E-state index is 0.0591. The van der Waals surface area contributed by atoms with Crippen molar-refractivity contribution in [1.29, 1.82) is 0 Å². The van der Waals surface area contributed by atoms with Gasteiger partial charge in [-0.05, 0) is 24.3 Å². The Balaban J connectivity index is 2.54. The molecule has 0 radical (unpaired) electrons. The quantitative estimate of drug-likeness (QED) is 0.638. The number of esters is 1. The molecule has 0 aliphatic heterocycles. The first kappa shape index (κ1) is 13.8. The van der Waals surface area contributed by atoms with E-state index in [2.05, 4.69) is 9.72 Å². The van der Waals surface area contributed by atoms with Crippen LogP contribution in [-0.2, 0) is 4.74 Å². The van der Waals surface area contributed by atoms with Gasteiger partial charge in [0.1, 0.15) is 11.6 Å². The largest absolute Gasteiger partial charge is 0.465 e. The topological polar surface area (TPSA) is 56.3 Å². The van der Waals surface area contributed by atoms with Crippen molar-refractivity contribution in [2.75, 3.05) is 7.11 Å². The van der Waals surface area contributed by atoms with E-state index in [1.807, 2.05) is 0 Å². The zero-order valence-electron chi connectivity index (χ0n) is 10.4. The van der Waals surface area contributed by atoms with E-state index in [0.717, 1.165) is 31.5 Å². The molecular weight excluding hydrogens is 268 g/mol. The van der Waals surface area contributed by atoms with Gasteiger partial charge in [0.05, 0.1) is 23.8 Å². The maximum absolute atomic E-state index is 13.6. The molecule has 0 bridgehead atoms. The second kappa shape index (κ2) is 5.56. The lowest BCUT2D eigenvalue weighted by Crippen LogP contribution is -2.13. The van der Waals surface area contributed by atoms with Crippen LogP contribution in [0.3, 0.4) is 0 Å². The molecule has 102 valence electrons. The van der Waals surface area contributed by atoms with Crippen molar-refractivity contribution in [1.82, 2.24) is 4.98 Å². The molecule has 0 unspecified atom stereocenters. The van der Waals surface area contributed by atoms with Crippen LogP contribution >= 0.6 is 0 Å². The first-order valence-electron chi connectivity index (χ1n) is 5.56. The van der Waals surface area contributed by atoms with Crippen LogP contribution in [0, 0.1) is 11.6 Å². The van der Waals surface area contributed by atoms with Crippen LogP contribution in [0.5, 0.6) is 0 Å². The summed E-state index contributed by atoms with van der Waals surface area (Å²) in [4.78, 5) is 27.5. The number of carbonyl (C=O) groups excluding carboxylic acids is 2. The van der Waals surface area contributed by atoms with Crippen LogP contribution in [0.2, 0.25) is 0 Å². The maximum atomic E-state index is 13.6. The molecule has 0 spiro atoms. The molecule has 20 heavy (non-hydrogen) atoms. The molecule has 0 aliphatic rings. The number of aromatic nitrogens is 1. The number of benzene rings is 1. The summed E-state index contributed by atoms with van der Waals surface area (Å²) in [5.41, 5.74) is -0.678. The molecule has 1 aromatic heterocycles. The van der Waals surface area contributed by atoms with Crippen molar-refractivity contribution < 1.29 is 23.1 Å². The molecule has 2 rings (SSSR count). The highest BCUT2D eigenvalue weighted by molar-refractivity contribution is 6.14. The predicted octanol–water partition coefficient (Wildman–Crippen LogP) is 2.38. The maximum Gasteiger partial charge on any atom is 0.338 e. The summed E-state index contributed by atoms with van der Waals surface area (Å²) in [6.07, 6.45) is 2.41. The average molecular weight is 277 g/mol. The first-order chi connectivity index (χ1) is 9.54. The van der Waals surface area contributed by atoms with Crippen molar-refractivity contribution in [2.24, 2.45) is 0 Å². The van der Waals surface area contributed by atoms with Crippen molar-refractivity contribution in [3.8, 4) is 0 Å². The number of hydrogen-bond acceptors (Lipinski definition) is 4. The normalized spacial score (nSPS) is 10.2. The summed E-state index contributed by atoms with van der Waals surface area (Å²) in [5, 5.41) is 0. The number of pyridine rings is 1. The SMILES string of the molecule is COC(=O)c1ccncc1C(=O)c1cc(F)ccc1F. The monoisotopic (exact) mass is 277 g/mol. The first-order valence-corrected chi connectivity index (χ1v) is 5.56. The predicted molar refractivity (Wildman–Crippen MR) is 65.4 cm³/mol. The fourth-order valence-corrected chi connectivity index (χ4v) is 1.68. The lowest BCUT2D eigenvalue weighted by atomic mass is 10.00. The molecule has 4 nitrogen and oxygen atoms in total. The molecule has 0 fully saturated rings. The van der Waals surface area contributed by atoms with E-state index < -0.39 is 29.0 Å². The number of hydrogen-bond donors (Lipinski definition) is 0. The molecule has 0 saturated heterocycles. The van der Waals surface area contributed by atoms with Gasteiger partial charge in [-0.15, -0.1) is 0 Å². The van der Waals surface area contributed by atoms with E-state index in [4.69, 9.17) is 0 Å². The minimum Gasteiger partial charge on any atom is -0.465 e. The smallest absolute Gasteiger partial charge is 0.338 e. The lowest BCUT2D eigenvalue weighted by molar-refractivity contribution is 0.0597. The third-order valence-corrected chi connectivity index (χ3v) is 2.64. The Morgan fingerprint density at radius 1 is 1.10 bits per heavy atom. The molecule has 0 saturated carbocycles. The Bertz CT molecular complexity index is 686. The number of ketones is 1. The van der Waals surface area contributed by atoms with Crippen molar-refractivity contribution >= 4 is 11.8 Å². The van der Waals surface area contributed by atoms with Gasteiger partial charge in [-0.3, -0.25) is 9.78 Å². The molecule has 0 amide bonds. The van der Waals surface area contributed by atoms with Crippen molar-refractivity contribution in [2.45, 2.75) is 0 Å². The lowest BCUT2D eigenvalue weighted by Gasteiger charge is -2.07. The van der Waals surface area contributed by atoms with Gasteiger partial charge in [0.25, 0.3) is 0 Å². The molecule has 1 aromatic carbocycles. The van der Waals surface area contributed by atoms with Crippen LogP contribution in [0.1, 0.15) is 26.3 Å². The van der Waals surface area contributed by atoms with Gasteiger partial charge < -0.3 is 4.74 Å². The van der Waals surface area contributed by atoms with E-state index in [1.165, 1.54) is 12.3 Å². The molecule has 0 atom stereocenters. The fraction of sp³-hybridized carbons (Fsp3) is 0.0714. The van der Waals surface area contributed by atoms with E-state index >= 15 is 0 Å². The van der Waals surface area contributed by atoms with Crippen LogP contribution < -0.4 is 0 Å². The number of rotatable bonds is 3. The summed E-state index contributed by atoms with van der Waals surface area (Å²) >= 11 is 0. The second-order valence-corrected chi connectivity index (χ2v) is 3.87. The summed E-state index contributed by atoms with van der Waals surface area (Å²) in [6, 6.07) is 3.79. The second-order valence-electron chi connectivity index (χ2n) is 3.87. The van der Waals surface area contributed by atoms with Crippen LogP contribution in [-0.4, -0.2) is 23.8 Å². The Labute approximate surface area is 113 Å². The third kappa shape index (κ3) is 2.54. The van der Waals surface area contributed by atoms with Gasteiger partial charge in [0.2, 0.25) is 0 Å². The molecule has 0 aliphatic carbocycles. The fourth-order valence-electron chi connectivity index (χ4n) is 1.68. The standard InChI is InChI=1S/C14H9F2NO3/c1-20-14(19)9-4-5-17-7-11(9)13(18)10-6-8(15)2-3-12(10)16/h2-7H,1H3. The molecule has 6 heteroatoms. The van der Waals surface area contributed by atoms with Crippen LogP contribution in [0.15, 0.2) is 36.7 Å². The minimum atomic E-state index is -0.879. The Morgan fingerprint density at radius 2 is 1.85 bits per heavy atom. The van der Waals surface area contributed by atoms with Crippen molar-refractivity contribution in [3.05, 3.63) is 65.0 Å². The summed E-state index contributed by atoms with van der Waals surface area (Å²) in [6.45, 7) is 0. The van der Waals surface area contributed by atoms with Gasteiger partial charge in [-0.1, -0.05) is 0 Å². The third-order valence-electron chi connectivity index (χ3n) is 2.64. The average Bonchev–Trinajstić information content (AvgIpc) is 2.48. The zero-order chi connectivity index (χ0) is 14.7. The van der Waals surface area contributed by atoms with Gasteiger partial charge in [-0.2, -0.15) is 0 Å². The van der Waals surface area contributed by atoms with E-state index in [9.17, 15) is 18.4 Å². The van der Waals surface area contributed by atoms with E-state index in [-0.39, 0.29) is 11.1 Å². The van der Waals surface area contributed by atoms with Gasteiger partial charge in [0.15, 0.2) is 5.78 Å². The van der Waals surface area contributed by atoms with Crippen LogP contribution in [0.4, 0.5) is 8.78 Å². The number of ether oxygens (including phenoxy) is 1. The van der Waals surface area contributed by atoms with Crippen molar-refractivity contribution in [3.63, 3.8) is 0 Å². The van der Waals surface area contributed by atoms with E-state index in [1.54, 1.807) is 0 Å². The number of halogens is 2. The van der Waals surface area contributed by atoms with Gasteiger partial charge in [0, 0.05) is 12.4 Å². The van der Waals surface area contributed by atoms with Gasteiger partial charge in [-0.25, -0.2) is 13.6 Å². The molecule has 2 aromatic rings. The van der Waals surface area contributed by atoms with E-state index in [0.29, 0.717) is 0 Å². The highest BCUT2D eigenvalue weighted by Crippen LogP contribution is 2.18. The van der Waals surface area contributed by atoms with Crippen LogP contribution in [0.25, 0.3) is 0 Å². The Kier molecular flexibility index (Phi) is 3.84. The van der Waals surface area contributed by atoms with Gasteiger partial charge >= 0.3 is 5.97 Å². The molecule has 0 N–H and O–H groups in total. The Morgan fingerprint density at radius 3 is 2.55 bits per heavy atom. The molecule has 1 heterocycles. The number of nitrogens with zero attached hydrogens (tertiary/aromatic N) is 1. The highest BCUT2D eigenvalue weighted by atomic mass is 19.1. The number of carbonyl (C=O) groups is 2. The highest BCUT2D eigenvalue weighted by Gasteiger charge is 2.21. The number of methoxy groups -OCH3 is 1. The summed E-state index contributed by atoms with van der Waals surface area (Å²) in [5.74, 6) is -3.22. The summed E-state index contributed by atoms with van der Waals surface area (Å²) in [7, 11) is 1.15. The Hall–Kier alpha value is -2.63. The summed E-state index contributed by atoms with van der Waals surface area (Å²) < 4.78 is 31.2. The zero-order valence-corrected chi connectivity index (χ0v) is 10.4. The molecular formula is C14H9F2NO3.